The van der Waals surface area contributed by atoms with Crippen LogP contribution in [0.5, 0.6) is 0 Å². The molecule has 7 heteroatoms. The summed E-state index contributed by atoms with van der Waals surface area (Å²) in [5.41, 5.74) is -1.09. The zero-order chi connectivity index (χ0) is 20.5. The summed E-state index contributed by atoms with van der Waals surface area (Å²) in [6.07, 6.45) is -4.82. The second kappa shape index (κ2) is 7.53. The largest absolute Gasteiger partial charge is 0.417 e. The van der Waals surface area contributed by atoms with Crippen LogP contribution >= 0.6 is 11.6 Å². The Morgan fingerprint density at radius 1 is 1.11 bits per heavy atom. The Morgan fingerprint density at radius 3 is 2.36 bits per heavy atom. The molecule has 0 N–H and O–H groups in total. The molecule has 0 saturated heterocycles. The van der Waals surface area contributed by atoms with Gasteiger partial charge in [0.15, 0.2) is 0 Å². The quantitative estimate of drug-likeness (QED) is 0.587. The summed E-state index contributed by atoms with van der Waals surface area (Å²) in [6, 6.07) is 15.7. The summed E-state index contributed by atoms with van der Waals surface area (Å²) < 4.78 is 41.6. The molecule has 3 rings (SSSR count). The van der Waals surface area contributed by atoms with Crippen molar-refractivity contribution in [2.24, 2.45) is 0 Å². The van der Waals surface area contributed by atoms with E-state index in [1.165, 1.54) is 10.6 Å². The second-order valence-corrected chi connectivity index (χ2v) is 6.69. The van der Waals surface area contributed by atoms with Gasteiger partial charge in [0.25, 0.3) is 5.56 Å². The Balaban J connectivity index is 2.31. The molecule has 0 aliphatic carbocycles. The van der Waals surface area contributed by atoms with Gasteiger partial charge in [-0.05, 0) is 41.8 Å². The minimum atomic E-state index is -4.82. The summed E-state index contributed by atoms with van der Waals surface area (Å²) >= 11 is 5.96. The van der Waals surface area contributed by atoms with E-state index in [1.54, 1.807) is 55.5 Å². The molecule has 0 amide bonds. The number of rotatable bonds is 3. The van der Waals surface area contributed by atoms with Gasteiger partial charge in [-0.25, -0.2) is 0 Å². The lowest BCUT2D eigenvalue weighted by Crippen LogP contribution is -2.28. The fourth-order valence-corrected chi connectivity index (χ4v) is 3.22. The summed E-state index contributed by atoms with van der Waals surface area (Å²) in [7, 11) is 0. The lowest BCUT2D eigenvalue weighted by molar-refractivity contribution is -0.137. The molecule has 1 heterocycles. The SMILES string of the molecule is Cc1cc(Cl)ccc1Cn1c(-c2ccccc2)cc(C(F)(F)F)c(C#N)c1=O. The number of nitriles is 1. The van der Waals surface area contributed by atoms with Crippen LogP contribution in [0.1, 0.15) is 22.3 Å². The lowest BCUT2D eigenvalue weighted by Gasteiger charge is -2.18. The first-order valence-electron chi connectivity index (χ1n) is 8.28. The number of nitrogens with zero attached hydrogens (tertiary/aromatic N) is 2. The Hall–Kier alpha value is -3.04. The van der Waals surface area contributed by atoms with E-state index < -0.39 is 22.9 Å². The van der Waals surface area contributed by atoms with Crippen molar-refractivity contribution in [3.63, 3.8) is 0 Å². The predicted octanol–water partition coefficient (Wildman–Crippen LogP) is 5.42. The number of pyridine rings is 1. The Kier molecular flexibility index (Phi) is 5.30. The molecule has 3 nitrogen and oxygen atoms in total. The molecule has 2 aromatic carbocycles. The molecule has 142 valence electrons. The lowest BCUT2D eigenvalue weighted by atomic mass is 10.0. The van der Waals surface area contributed by atoms with Gasteiger partial charge in [-0.3, -0.25) is 4.79 Å². The molecule has 3 aromatic rings. The summed E-state index contributed by atoms with van der Waals surface area (Å²) in [5.74, 6) is 0. The molecule has 0 aliphatic rings. The molecule has 0 saturated carbocycles. The van der Waals surface area contributed by atoms with Crippen molar-refractivity contribution in [2.45, 2.75) is 19.6 Å². The molecule has 28 heavy (non-hydrogen) atoms. The fraction of sp³-hybridized carbons (Fsp3) is 0.143. The topological polar surface area (TPSA) is 45.8 Å². The van der Waals surface area contributed by atoms with Crippen LogP contribution in [-0.4, -0.2) is 4.57 Å². The van der Waals surface area contributed by atoms with Crippen molar-refractivity contribution >= 4 is 11.6 Å². The van der Waals surface area contributed by atoms with Crippen molar-refractivity contribution < 1.29 is 13.2 Å². The van der Waals surface area contributed by atoms with Crippen LogP contribution in [-0.2, 0) is 12.7 Å². The van der Waals surface area contributed by atoms with Crippen LogP contribution < -0.4 is 5.56 Å². The molecule has 0 aliphatic heterocycles. The van der Waals surface area contributed by atoms with Gasteiger partial charge in [0.05, 0.1) is 17.8 Å². The van der Waals surface area contributed by atoms with Gasteiger partial charge in [-0.15, -0.1) is 0 Å². The second-order valence-electron chi connectivity index (χ2n) is 6.26. The maximum atomic E-state index is 13.5. The van der Waals surface area contributed by atoms with Gasteiger partial charge in [0.2, 0.25) is 0 Å². The minimum absolute atomic E-state index is 0.0128. The molecular formula is C21H14ClF3N2O. The van der Waals surface area contributed by atoms with Crippen LogP contribution in [0.3, 0.4) is 0 Å². The Labute approximate surface area is 164 Å². The minimum Gasteiger partial charge on any atom is -0.303 e. The van der Waals surface area contributed by atoms with Crippen LogP contribution in [0, 0.1) is 18.3 Å². The van der Waals surface area contributed by atoms with E-state index in [4.69, 9.17) is 11.6 Å². The summed E-state index contributed by atoms with van der Waals surface area (Å²) in [5, 5.41) is 9.74. The number of alkyl halides is 3. The first-order valence-corrected chi connectivity index (χ1v) is 8.65. The van der Waals surface area contributed by atoms with Gasteiger partial charge < -0.3 is 4.57 Å². The van der Waals surface area contributed by atoms with E-state index in [9.17, 15) is 23.2 Å². The van der Waals surface area contributed by atoms with Gasteiger partial charge >= 0.3 is 6.18 Å². The van der Waals surface area contributed by atoms with E-state index in [0.29, 0.717) is 16.1 Å². The van der Waals surface area contributed by atoms with Gasteiger partial charge in [0, 0.05) is 5.02 Å². The number of halogens is 4. The van der Waals surface area contributed by atoms with Gasteiger partial charge in [-0.2, -0.15) is 18.4 Å². The molecule has 0 unspecified atom stereocenters. The highest BCUT2D eigenvalue weighted by Gasteiger charge is 2.36. The monoisotopic (exact) mass is 402 g/mol. The third-order valence-electron chi connectivity index (χ3n) is 4.42. The van der Waals surface area contributed by atoms with Gasteiger partial charge in [-0.1, -0.05) is 48.0 Å². The van der Waals surface area contributed by atoms with E-state index in [2.05, 4.69) is 0 Å². The number of benzene rings is 2. The zero-order valence-corrected chi connectivity index (χ0v) is 15.5. The summed E-state index contributed by atoms with van der Waals surface area (Å²) in [6.45, 7) is 1.81. The molecule has 0 bridgehead atoms. The van der Waals surface area contributed by atoms with Crippen molar-refractivity contribution in [1.29, 1.82) is 5.26 Å². The fourth-order valence-electron chi connectivity index (χ4n) is 2.99. The van der Waals surface area contributed by atoms with Crippen LogP contribution in [0.2, 0.25) is 5.02 Å². The zero-order valence-electron chi connectivity index (χ0n) is 14.7. The third-order valence-corrected chi connectivity index (χ3v) is 4.66. The van der Waals surface area contributed by atoms with E-state index in [0.717, 1.165) is 11.6 Å². The average molecular weight is 403 g/mol. The van der Waals surface area contributed by atoms with Crippen molar-refractivity contribution in [3.8, 4) is 17.3 Å². The third kappa shape index (κ3) is 3.80. The number of hydrogen-bond acceptors (Lipinski definition) is 2. The van der Waals surface area contributed by atoms with Crippen LogP contribution in [0.4, 0.5) is 13.2 Å². The predicted molar refractivity (Wildman–Crippen MR) is 101 cm³/mol. The molecule has 0 radical (unpaired) electrons. The van der Waals surface area contributed by atoms with Crippen molar-refractivity contribution in [2.75, 3.05) is 0 Å². The number of hydrogen-bond donors (Lipinski definition) is 0. The smallest absolute Gasteiger partial charge is 0.303 e. The maximum Gasteiger partial charge on any atom is 0.417 e. The molecule has 1 aromatic heterocycles. The Bertz CT molecular complexity index is 1130. The van der Waals surface area contributed by atoms with E-state index in [1.807, 2.05) is 0 Å². The molecular weight excluding hydrogens is 389 g/mol. The maximum absolute atomic E-state index is 13.5. The van der Waals surface area contributed by atoms with Crippen molar-refractivity contribution in [3.05, 3.63) is 92.2 Å². The highest BCUT2D eigenvalue weighted by molar-refractivity contribution is 6.30. The van der Waals surface area contributed by atoms with Crippen molar-refractivity contribution in [1.82, 2.24) is 4.57 Å². The highest BCUT2D eigenvalue weighted by atomic mass is 35.5. The molecule has 0 atom stereocenters. The number of aryl methyl sites for hydroxylation is 1. The highest BCUT2D eigenvalue weighted by Crippen LogP contribution is 2.33. The molecule has 0 fully saturated rings. The summed E-state index contributed by atoms with van der Waals surface area (Å²) in [4.78, 5) is 12.9. The first-order chi connectivity index (χ1) is 13.2. The standard InChI is InChI=1S/C21H14ClF3N2O/c1-13-9-16(22)8-7-15(13)12-27-19(14-5-3-2-4-6-14)10-18(21(23,24)25)17(11-26)20(27)28/h2-10H,12H2,1H3. The normalized spacial score (nSPS) is 11.3. The number of aromatic nitrogens is 1. The molecule has 0 spiro atoms. The Morgan fingerprint density at radius 2 is 1.79 bits per heavy atom. The van der Waals surface area contributed by atoms with Crippen LogP contribution in [0.25, 0.3) is 11.3 Å². The van der Waals surface area contributed by atoms with Gasteiger partial charge in [0.1, 0.15) is 11.6 Å². The van der Waals surface area contributed by atoms with E-state index in [-0.39, 0.29) is 12.2 Å². The first kappa shape index (κ1) is 19.7. The van der Waals surface area contributed by atoms with E-state index >= 15 is 0 Å². The van der Waals surface area contributed by atoms with Crippen LogP contribution in [0.15, 0.2) is 59.4 Å². The average Bonchev–Trinajstić information content (AvgIpc) is 2.64.